The highest BCUT2D eigenvalue weighted by molar-refractivity contribution is 14.1. The lowest BCUT2D eigenvalue weighted by molar-refractivity contribution is -0.0372. The van der Waals surface area contributed by atoms with Gasteiger partial charge in [0.2, 0.25) is 0 Å². The van der Waals surface area contributed by atoms with Crippen LogP contribution in [0.1, 0.15) is 76.3 Å². The maximum atomic E-state index is 13.2. The van der Waals surface area contributed by atoms with E-state index in [1.165, 1.54) is 11.1 Å². The molecule has 2 fully saturated rings. The molecular weight excluding hydrogens is 599 g/mol. The molecule has 6 rings (SSSR count). The summed E-state index contributed by atoms with van der Waals surface area (Å²) in [7, 11) is -1.13. The van der Waals surface area contributed by atoms with Crippen LogP contribution in [-0.4, -0.2) is 48.4 Å². The van der Waals surface area contributed by atoms with Crippen LogP contribution >= 0.6 is 22.6 Å². The molecule has 1 N–H and O–H groups in total. The number of anilines is 1. The van der Waals surface area contributed by atoms with Gasteiger partial charge in [-0.3, -0.25) is 0 Å². The molecule has 1 spiro atoms. The zero-order valence-corrected chi connectivity index (χ0v) is 24.7. The lowest BCUT2D eigenvalue weighted by Crippen LogP contribution is -2.48. The van der Waals surface area contributed by atoms with Gasteiger partial charge >= 0.3 is 0 Å². The molecule has 0 bridgehead atoms. The highest BCUT2D eigenvalue weighted by Crippen LogP contribution is 2.52. The van der Waals surface area contributed by atoms with Crippen LogP contribution in [-0.2, 0) is 22.1 Å². The van der Waals surface area contributed by atoms with Crippen molar-refractivity contribution in [1.29, 1.82) is 0 Å². The molecule has 2 aliphatic heterocycles. The molecule has 0 saturated carbocycles. The van der Waals surface area contributed by atoms with Crippen molar-refractivity contribution in [2.75, 3.05) is 24.6 Å². The van der Waals surface area contributed by atoms with E-state index in [0.717, 1.165) is 78.9 Å². The van der Waals surface area contributed by atoms with Crippen molar-refractivity contribution >= 4 is 50.6 Å². The SMILES string of the molecule is CC(C)(C)[S@@](=O)N[C@@H]1c2ccccc2CC12CCN(c1cnc3c(I)nn(C4CCCCO4)c3n1)CC2. The number of fused-ring (bicyclic) bond motifs is 2. The van der Waals surface area contributed by atoms with Gasteiger partial charge in [0.25, 0.3) is 0 Å². The smallest absolute Gasteiger partial charge is 0.182 e. The first kappa shape index (κ1) is 25.6. The summed E-state index contributed by atoms with van der Waals surface area (Å²) >= 11 is 2.24. The summed E-state index contributed by atoms with van der Waals surface area (Å²) in [5.41, 5.74) is 4.38. The lowest BCUT2D eigenvalue weighted by atomic mass is 9.73. The number of rotatable bonds is 4. The molecule has 10 heteroatoms. The molecule has 2 saturated heterocycles. The number of benzene rings is 1. The minimum Gasteiger partial charge on any atom is -0.356 e. The Labute approximate surface area is 234 Å². The predicted octanol–water partition coefficient (Wildman–Crippen LogP) is 5.07. The van der Waals surface area contributed by atoms with Crippen LogP contribution in [0, 0.1) is 9.12 Å². The van der Waals surface area contributed by atoms with Crippen LogP contribution in [0.4, 0.5) is 5.82 Å². The fourth-order valence-corrected chi connectivity index (χ4v) is 7.60. The molecule has 37 heavy (non-hydrogen) atoms. The van der Waals surface area contributed by atoms with Gasteiger partial charge in [0, 0.05) is 19.7 Å². The number of hydrogen-bond donors (Lipinski definition) is 1. The summed E-state index contributed by atoms with van der Waals surface area (Å²) in [6, 6.07) is 8.76. The molecule has 0 amide bonds. The molecule has 8 nitrogen and oxygen atoms in total. The second kappa shape index (κ2) is 9.84. The molecule has 1 aromatic carbocycles. The van der Waals surface area contributed by atoms with E-state index in [1.54, 1.807) is 0 Å². The lowest BCUT2D eigenvalue weighted by Gasteiger charge is -2.44. The minimum absolute atomic E-state index is 0.0473. The molecule has 198 valence electrons. The van der Waals surface area contributed by atoms with Gasteiger partial charge < -0.3 is 9.64 Å². The van der Waals surface area contributed by atoms with Crippen LogP contribution in [0.2, 0.25) is 0 Å². The van der Waals surface area contributed by atoms with Gasteiger partial charge in [0.05, 0.1) is 28.0 Å². The zero-order chi connectivity index (χ0) is 25.8. The third-order valence-corrected chi connectivity index (χ3v) is 10.5. The van der Waals surface area contributed by atoms with E-state index in [1.807, 2.05) is 31.6 Å². The van der Waals surface area contributed by atoms with Gasteiger partial charge in [-0.1, -0.05) is 24.3 Å². The van der Waals surface area contributed by atoms with Crippen molar-refractivity contribution in [2.45, 2.75) is 76.3 Å². The zero-order valence-electron chi connectivity index (χ0n) is 21.7. The van der Waals surface area contributed by atoms with Crippen molar-refractivity contribution < 1.29 is 8.95 Å². The summed E-state index contributed by atoms with van der Waals surface area (Å²) in [6.07, 6.45) is 8.04. The van der Waals surface area contributed by atoms with Gasteiger partial charge in [-0.05, 0) is 98.4 Å². The first-order valence-corrected chi connectivity index (χ1v) is 15.5. The number of halogens is 1. The van der Waals surface area contributed by atoms with Crippen LogP contribution in [0.3, 0.4) is 0 Å². The molecule has 1 aliphatic carbocycles. The summed E-state index contributed by atoms with van der Waals surface area (Å²) in [5.74, 6) is 0.897. The van der Waals surface area contributed by atoms with Gasteiger partial charge in [0.15, 0.2) is 15.6 Å². The van der Waals surface area contributed by atoms with E-state index >= 15 is 0 Å². The topological polar surface area (TPSA) is 85.2 Å². The maximum Gasteiger partial charge on any atom is 0.182 e. The van der Waals surface area contributed by atoms with Gasteiger partial charge in [-0.15, -0.1) is 0 Å². The second-order valence-corrected chi connectivity index (χ2v) is 14.6. The standard InChI is InChI=1S/C27H35IN6O2S/c1-26(2,3)37(35)32-23-19-9-5-4-8-18(19)16-27(23)11-13-33(14-12-27)20-17-29-22-24(28)31-34(25(22)30-20)21-10-6-7-15-36-21/h4-5,8-9,17,21,23,32H,6-7,10-16H2,1-3H3/t21?,23-,37-/m1/s1. The van der Waals surface area contributed by atoms with Crippen molar-refractivity contribution in [1.82, 2.24) is 24.5 Å². The molecular formula is C27H35IN6O2S. The van der Waals surface area contributed by atoms with E-state index in [-0.39, 0.29) is 22.4 Å². The summed E-state index contributed by atoms with van der Waals surface area (Å²) < 4.78 is 25.2. The molecule has 3 atom stereocenters. The monoisotopic (exact) mass is 634 g/mol. The first-order chi connectivity index (χ1) is 17.7. The molecule has 0 radical (unpaired) electrons. The molecule has 4 heterocycles. The number of aromatic nitrogens is 4. The molecule has 1 unspecified atom stereocenters. The maximum absolute atomic E-state index is 13.2. The number of hydrogen-bond acceptors (Lipinski definition) is 6. The quantitative estimate of drug-likeness (QED) is 0.404. The number of ether oxygens (including phenoxy) is 1. The highest BCUT2D eigenvalue weighted by atomic mass is 127. The molecule has 3 aromatic rings. The van der Waals surface area contributed by atoms with Crippen molar-refractivity contribution in [3.05, 3.63) is 45.3 Å². The van der Waals surface area contributed by atoms with Crippen molar-refractivity contribution in [3.8, 4) is 0 Å². The van der Waals surface area contributed by atoms with Gasteiger partial charge in [-0.25, -0.2) is 23.6 Å². The Balaban J connectivity index is 1.25. The fourth-order valence-electron chi connectivity index (χ4n) is 6.04. The Morgan fingerprint density at radius 2 is 1.97 bits per heavy atom. The summed E-state index contributed by atoms with van der Waals surface area (Å²) in [4.78, 5) is 12.2. The van der Waals surface area contributed by atoms with Crippen LogP contribution in [0.5, 0.6) is 0 Å². The highest BCUT2D eigenvalue weighted by Gasteiger charge is 2.49. The van der Waals surface area contributed by atoms with Crippen molar-refractivity contribution in [2.24, 2.45) is 5.41 Å². The number of nitrogens with zero attached hydrogens (tertiary/aromatic N) is 5. The van der Waals surface area contributed by atoms with E-state index in [0.29, 0.717) is 0 Å². The summed E-state index contributed by atoms with van der Waals surface area (Å²) in [5, 5.41) is 4.74. The largest absolute Gasteiger partial charge is 0.356 e. The van der Waals surface area contributed by atoms with Crippen LogP contribution in [0.25, 0.3) is 11.2 Å². The normalized spacial score (nSPS) is 24.5. The van der Waals surface area contributed by atoms with Gasteiger partial charge in [-0.2, -0.15) is 5.10 Å². The number of piperidine rings is 1. The third kappa shape index (κ3) is 4.72. The molecule has 2 aromatic heterocycles. The average molecular weight is 635 g/mol. The third-order valence-electron chi connectivity index (χ3n) is 8.16. The van der Waals surface area contributed by atoms with E-state index in [2.05, 4.69) is 56.5 Å². The van der Waals surface area contributed by atoms with Crippen LogP contribution < -0.4 is 9.62 Å². The van der Waals surface area contributed by atoms with E-state index in [9.17, 15) is 4.21 Å². The second-order valence-electron chi connectivity index (χ2n) is 11.6. The Bertz CT molecular complexity index is 1320. The minimum atomic E-state index is -1.13. The van der Waals surface area contributed by atoms with E-state index in [4.69, 9.17) is 19.8 Å². The Morgan fingerprint density at radius 1 is 1.19 bits per heavy atom. The predicted molar refractivity (Wildman–Crippen MR) is 155 cm³/mol. The van der Waals surface area contributed by atoms with Crippen molar-refractivity contribution in [3.63, 3.8) is 0 Å². The fraction of sp³-hybridized carbons (Fsp3) is 0.593. The Kier molecular flexibility index (Phi) is 6.82. The summed E-state index contributed by atoms with van der Waals surface area (Å²) in [6.45, 7) is 8.64. The molecule has 3 aliphatic rings. The number of nitrogens with one attached hydrogen (secondary N) is 1. The van der Waals surface area contributed by atoms with Gasteiger partial charge in [0.1, 0.15) is 11.3 Å². The Morgan fingerprint density at radius 3 is 2.70 bits per heavy atom. The van der Waals surface area contributed by atoms with E-state index < -0.39 is 11.0 Å². The Hall–Kier alpha value is -1.63. The average Bonchev–Trinajstić information content (AvgIpc) is 3.38. The first-order valence-electron chi connectivity index (χ1n) is 13.3. The van der Waals surface area contributed by atoms with Crippen LogP contribution in [0.15, 0.2) is 30.5 Å².